The summed E-state index contributed by atoms with van der Waals surface area (Å²) in [5.41, 5.74) is 8.26. The van der Waals surface area contributed by atoms with Crippen LogP contribution in [0.25, 0.3) is 10.9 Å². The van der Waals surface area contributed by atoms with Crippen LogP contribution in [0.15, 0.2) is 47.7 Å². The van der Waals surface area contributed by atoms with Gasteiger partial charge in [0.05, 0.1) is 30.5 Å². The number of methoxy groups -OCH3 is 1. The lowest BCUT2D eigenvalue weighted by molar-refractivity contribution is -0.137. The third-order valence-electron chi connectivity index (χ3n) is 12.3. The van der Waals surface area contributed by atoms with Gasteiger partial charge in [-0.3, -0.25) is 33.9 Å². The van der Waals surface area contributed by atoms with Crippen LogP contribution in [0.3, 0.4) is 0 Å². The van der Waals surface area contributed by atoms with Crippen LogP contribution in [0.1, 0.15) is 90.5 Å². The molecule has 0 bridgehead atoms. The molecule has 1 atom stereocenters. The smallest absolute Gasteiger partial charge is 0.283 e. The molecule has 2 saturated heterocycles. The second kappa shape index (κ2) is 20.4. The molecule has 6 heterocycles. The van der Waals surface area contributed by atoms with Crippen molar-refractivity contribution in [3.05, 3.63) is 65.0 Å². The topological polar surface area (TPSA) is 232 Å². The fraction of sp³-hybridized carbons (Fsp3) is 0.489. The maximum absolute atomic E-state index is 13.3. The third kappa shape index (κ3) is 10.2. The van der Waals surface area contributed by atoms with E-state index < -0.39 is 17.9 Å². The molecule has 2 fully saturated rings. The summed E-state index contributed by atoms with van der Waals surface area (Å²) >= 11 is 0. The third-order valence-corrected chi connectivity index (χ3v) is 12.3. The minimum absolute atomic E-state index is 0.0752. The molecule has 5 N–H and O–H groups in total. The van der Waals surface area contributed by atoms with Gasteiger partial charge in [0.15, 0.2) is 11.5 Å². The summed E-state index contributed by atoms with van der Waals surface area (Å²) in [5.74, 6) is 0.231. The van der Waals surface area contributed by atoms with E-state index in [1.807, 2.05) is 28.8 Å². The molecule has 4 aliphatic heterocycles. The van der Waals surface area contributed by atoms with Crippen molar-refractivity contribution in [1.29, 1.82) is 0 Å². The highest BCUT2D eigenvalue weighted by molar-refractivity contribution is 6.09. The number of carbonyl (C=O) groups excluding carboxylic acids is 5. The van der Waals surface area contributed by atoms with Crippen molar-refractivity contribution in [1.82, 2.24) is 39.5 Å². The maximum Gasteiger partial charge on any atom is 0.283 e. The summed E-state index contributed by atoms with van der Waals surface area (Å²) in [7, 11) is 1.58. The van der Waals surface area contributed by atoms with E-state index in [4.69, 9.17) is 20.2 Å². The average Bonchev–Trinajstić information content (AvgIpc) is 3.92. The van der Waals surface area contributed by atoms with Crippen molar-refractivity contribution in [2.75, 3.05) is 75.9 Å². The summed E-state index contributed by atoms with van der Waals surface area (Å²) < 4.78 is 13.9. The number of piperidine rings is 1. The Kier molecular flexibility index (Phi) is 14.0. The molecule has 2 aromatic heterocycles. The number of ether oxygens (including phenoxy) is 2. The molecule has 19 nitrogen and oxygen atoms in total. The van der Waals surface area contributed by atoms with Crippen LogP contribution >= 0.6 is 0 Å². The Morgan fingerprint density at radius 1 is 0.922 bits per heavy atom. The molecule has 64 heavy (non-hydrogen) atoms. The lowest BCUT2D eigenvalue weighted by atomic mass is 10.0. The van der Waals surface area contributed by atoms with Crippen molar-refractivity contribution in [2.24, 2.45) is 4.99 Å². The fourth-order valence-corrected chi connectivity index (χ4v) is 8.92. The first-order chi connectivity index (χ1) is 31.2. The highest BCUT2D eigenvalue weighted by Gasteiger charge is 2.40. The van der Waals surface area contributed by atoms with Crippen molar-refractivity contribution in [3.63, 3.8) is 0 Å². The van der Waals surface area contributed by atoms with Gasteiger partial charge in [-0.05, 0) is 56.0 Å². The second-order valence-electron chi connectivity index (χ2n) is 16.6. The van der Waals surface area contributed by atoms with Crippen molar-refractivity contribution < 1.29 is 33.4 Å². The van der Waals surface area contributed by atoms with Crippen LogP contribution in [0, 0.1) is 0 Å². The van der Waals surface area contributed by atoms with Crippen molar-refractivity contribution >= 4 is 57.9 Å². The van der Waals surface area contributed by atoms with E-state index in [1.165, 1.54) is 17.3 Å². The molecule has 1 unspecified atom stereocenters. The Morgan fingerprint density at radius 2 is 1.66 bits per heavy atom. The largest absolute Gasteiger partial charge is 0.491 e. The van der Waals surface area contributed by atoms with E-state index >= 15 is 0 Å². The number of nitrogens with zero attached hydrogens (tertiary/aromatic N) is 8. The van der Waals surface area contributed by atoms with Gasteiger partial charge in [-0.1, -0.05) is 37.8 Å². The van der Waals surface area contributed by atoms with Gasteiger partial charge in [-0.15, -0.1) is 0 Å². The highest BCUT2D eigenvalue weighted by atomic mass is 16.5. The SMILES string of the molecule is COc1c(OCCCN2CCN(CCCCCCCCC(=O)Nc3cccc4c3C(=O)N(C3CCC(=O)NC3=O)C4)CC2)ccc2c3n(c(=NC(=O)c4cnc(N)nc4)nc12)CCN3. The molecular formula is C45H56N12O7. The maximum atomic E-state index is 13.3. The van der Waals surface area contributed by atoms with Crippen molar-refractivity contribution in [3.8, 4) is 11.5 Å². The van der Waals surface area contributed by atoms with E-state index in [0.29, 0.717) is 60.8 Å². The van der Waals surface area contributed by atoms with Gasteiger partial charge in [-0.2, -0.15) is 4.99 Å². The van der Waals surface area contributed by atoms with Crippen LogP contribution in [-0.2, 0) is 27.5 Å². The Labute approximate surface area is 370 Å². The number of carbonyl (C=O) groups is 5. The molecule has 0 saturated carbocycles. The quantitative estimate of drug-likeness (QED) is 0.0832. The number of anilines is 3. The summed E-state index contributed by atoms with van der Waals surface area (Å²) in [5, 5.41) is 9.49. The van der Waals surface area contributed by atoms with Crippen LogP contribution in [-0.4, -0.2) is 129 Å². The summed E-state index contributed by atoms with van der Waals surface area (Å²) in [4.78, 5) is 86.6. The summed E-state index contributed by atoms with van der Waals surface area (Å²) in [6, 6.07) is 8.54. The van der Waals surface area contributed by atoms with Crippen LogP contribution in [0.4, 0.5) is 17.5 Å². The standard InChI is InChI=1S/C45H56N12O7/c1-63-39-34(15-13-31-38(39)52-45(56-20-17-47-40(31)56)53-41(60)30-26-48-44(46)49-27-30)64-25-9-19-55-23-21-54(22-24-55)18-7-5-3-2-4-6-12-35(58)50-32-11-8-10-29-28-57(43(62)37(29)32)33-14-16-36(59)51-42(33)61/h8,10-11,13,15,26-27,33,47H,2-7,9,12,14,16-25,28H2,1H3,(H,50,58)(H2,46,48,49)(H,51,59,61). The first-order valence-corrected chi connectivity index (χ1v) is 22.3. The number of fused-ring (bicyclic) bond motifs is 4. The number of hydrogen-bond acceptors (Lipinski definition) is 14. The molecule has 4 aliphatic rings. The lowest BCUT2D eigenvalue weighted by Crippen LogP contribution is -2.52. The van der Waals surface area contributed by atoms with Crippen LogP contribution in [0.5, 0.6) is 11.5 Å². The fourth-order valence-electron chi connectivity index (χ4n) is 8.92. The zero-order valence-corrected chi connectivity index (χ0v) is 36.3. The zero-order valence-electron chi connectivity index (χ0n) is 36.3. The summed E-state index contributed by atoms with van der Waals surface area (Å²) in [6.07, 6.45) is 10.7. The first-order valence-electron chi connectivity index (χ1n) is 22.3. The molecule has 4 aromatic rings. The minimum atomic E-state index is -0.692. The molecule has 0 spiro atoms. The molecule has 0 aliphatic carbocycles. The number of imide groups is 1. The van der Waals surface area contributed by atoms with Crippen LogP contribution < -0.4 is 36.8 Å². The molecule has 0 radical (unpaired) electrons. The average molecular weight is 877 g/mol. The van der Waals surface area contributed by atoms with Gasteiger partial charge in [0, 0.05) is 83.0 Å². The minimum Gasteiger partial charge on any atom is -0.491 e. The number of aromatic nitrogens is 4. The monoisotopic (exact) mass is 876 g/mol. The number of hydrogen-bond donors (Lipinski definition) is 4. The molecule has 5 amide bonds. The van der Waals surface area contributed by atoms with Gasteiger partial charge in [-0.25, -0.2) is 15.0 Å². The molecule has 2 aromatic carbocycles. The lowest BCUT2D eigenvalue weighted by Gasteiger charge is -2.34. The van der Waals surface area contributed by atoms with Gasteiger partial charge in [0.1, 0.15) is 17.4 Å². The van der Waals surface area contributed by atoms with Crippen LogP contribution in [0.2, 0.25) is 0 Å². The number of benzene rings is 2. The number of nitrogens with two attached hydrogens (primary N) is 1. The number of nitrogen functional groups attached to an aromatic ring is 1. The van der Waals surface area contributed by atoms with E-state index in [1.54, 1.807) is 13.2 Å². The van der Waals surface area contributed by atoms with Gasteiger partial charge in [0.2, 0.25) is 29.3 Å². The van der Waals surface area contributed by atoms with Gasteiger partial charge >= 0.3 is 0 Å². The first kappa shape index (κ1) is 44.1. The number of unbranched alkanes of at least 4 members (excludes halogenated alkanes) is 5. The van der Waals surface area contributed by atoms with Gasteiger partial charge in [0.25, 0.3) is 11.8 Å². The Hall–Kier alpha value is -6.47. The van der Waals surface area contributed by atoms with E-state index in [-0.39, 0.29) is 47.8 Å². The molecule has 19 heteroatoms. The number of nitrogens with one attached hydrogen (secondary N) is 3. The van der Waals surface area contributed by atoms with E-state index in [0.717, 1.165) is 101 Å². The number of piperazine rings is 1. The normalized spacial score (nSPS) is 17.9. The zero-order chi connectivity index (χ0) is 44.6. The predicted octanol–water partition coefficient (Wildman–Crippen LogP) is 3.10. The molecule has 8 rings (SSSR count). The Morgan fingerprint density at radius 3 is 2.41 bits per heavy atom. The van der Waals surface area contributed by atoms with Crippen molar-refractivity contribution in [2.45, 2.75) is 83.3 Å². The highest BCUT2D eigenvalue weighted by Crippen LogP contribution is 2.37. The number of amides is 5. The van der Waals surface area contributed by atoms with Gasteiger partial charge < -0.3 is 40.5 Å². The van der Waals surface area contributed by atoms with E-state index in [2.05, 4.69) is 40.7 Å². The second-order valence-corrected chi connectivity index (χ2v) is 16.6. The Bertz CT molecular complexity index is 2470. The van der Waals surface area contributed by atoms with E-state index in [9.17, 15) is 24.0 Å². The Balaban J connectivity index is 0.704. The predicted molar refractivity (Wildman–Crippen MR) is 238 cm³/mol. The molecular weight excluding hydrogens is 821 g/mol. The summed E-state index contributed by atoms with van der Waals surface area (Å²) in [6.45, 7) is 8.22. The number of rotatable bonds is 18. The molecule has 338 valence electrons.